The molecule has 0 aliphatic carbocycles. The van der Waals surface area contributed by atoms with Crippen LogP contribution in [0.25, 0.3) is 0 Å². The number of nitrogens with one attached hydrogen (secondary N) is 1. The maximum absolute atomic E-state index is 15.0. The average molecular weight is 821 g/mol. The minimum absolute atomic E-state index is 0.0627. The van der Waals surface area contributed by atoms with Crippen LogP contribution in [0.2, 0.25) is 0 Å². The molecule has 2 spiro atoms. The fraction of sp³-hybridized carbons (Fsp3) is 0.913. The van der Waals surface area contributed by atoms with Gasteiger partial charge in [-0.1, -0.05) is 55.4 Å². The van der Waals surface area contributed by atoms with E-state index in [9.17, 15) is 20.1 Å². The number of likely N-dealkylation sites (N-methyl/N-ethyl adjacent to an activating group) is 1. The molecule has 334 valence electrons. The standard InChI is InChI=1S/C46H80N2O10/c1-13-33(42(51)52)35-17-16-27(4)40(55-35)31(8)38(47-24-25-48(11)12)30(7)39(50)34(14-2)41-28(5)26-29(6)45(56-41)21-18-36(49)46(58-45)23-22-43(10,57-46)37-19-20-44(53,15-3)32(9)54-37/h18,21,27-38,40-41,47,49,53H,13-17,19-20,22-26H2,1-12H3,(H,51,52)/t27-,28-,29+,30-,31-,32-,33+,34-,35+,36+,37+,38+,40+,41-,43-,44+,45?,46-/m0/s1. The molecule has 4 fully saturated rings. The summed E-state index contributed by atoms with van der Waals surface area (Å²) in [7, 11) is 4.07. The van der Waals surface area contributed by atoms with E-state index in [0.717, 1.165) is 19.4 Å². The predicted octanol–water partition coefficient (Wildman–Crippen LogP) is 6.35. The summed E-state index contributed by atoms with van der Waals surface area (Å²) in [6.07, 6.45) is 7.32. The Morgan fingerprint density at radius 2 is 1.60 bits per heavy atom. The number of carbonyl (C=O) groups excluding carboxylic acids is 1. The van der Waals surface area contributed by atoms with Crippen LogP contribution in [-0.4, -0.2) is 125 Å². The van der Waals surface area contributed by atoms with E-state index in [2.05, 4.69) is 44.8 Å². The van der Waals surface area contributed by atoms with Crippen LogP contribution in [0.4, 0.5) is 0 Å². The lowest BCUT2D eigenvalue weighted by Crippen LogP contribution is -2.63. The van der Waals surface area contributed by atoms with E-state index in [4.69, 9.17) is 23.7 Å². The second-order valence-corrected chi connectivity index (χ2v) is 19.7. The minimum Gasteiger partial charge on any atom is -0.481 e. The van der Waals surface area contributed by atoms with E-state index in [-0.39, 0.29) is 65.8 Å². The third-order valence-electron chi connectivity index (χ3n) is 15.4. The lowest BCUT2D eigenvalue weighted by molar-refractivity contribution is -0.409. The van der Waals surface area contributed by atoms with Crippen molar-refractivity contribution in [2.24, 2.45) is 41.4 Å². The van der Waals surface area contributed by atoms with Gasteiger partial charge in [0.2, 0.25) is 5.79 Å². The van der Waals surface area contributed by atoms with Crippen molar-refractivity contribution in [3.05, 3.63) is 12.2 Å². The van der Waals surface area contributed by atoms with Gasteiger partial charge in [0.05, 0.1) is 47.6 Å². The number of hydrogen-bond acceptors (Lipinski definition) is 11. The molecule has 5 aliphatic heterocycles. The Morgan fingerprint density at radius 3 is 2.21 bits per heavy atom. The molecule has 5 heterocycles. The van der Waals surface area contributed by atoms with Gasteiger partial charge in [0.15, 0.2) is 5.79 Å². The third kappa shape index (κ3) is 9.45. The van der Waals surface area contributed by atoms with Gasteiger partial charge in [-0.15, -0.1) is 0 Å². The van der Waals surface area contributed by atoms with E-state index >= 15 is 4.79 Å². The Bertz CT molecular complexity index is 1430. The van der Waals surface area contributed by atoms with Gasteiger partial charge in [-0.3, -0.25) is 9.59 Å². The molecule has 1 unspecified atom stereocenters. The summed E-state index contributed by atoms with van der Waals surface area (Å²) in [6, 6.07) is -0.212. The quantitative estimate of drug-likeness (QED) is 0.128. The number of ether oxygens (including phenoxy) is 5. The molecule has 12 heteroatoms. The van der Waals surface area contributed by atoms with Crippen LogP contribution >= 0.6 is 0 Å². The number of aliphatic hydroxyl groups is 2. The molecule has 58 heavy (non-hydrogen) atoms. The first-order chi connectivity index (χ1) is 27.2. The number of carboxylic acids is 1. The Kier molecular flexibility index (Phi) is 15.5. The summed E-state index contributed by atoms with van der Waals surface area (Å²) in [6.45, 7) is 22.0. The molecule has 5 rings (SSSR count). The normalized spacial score (nSPS) is 43.3. The SMILES string of the molecule is CC[C@@H](C(=O)[C@@H](C)[C@@H](NCCN(C)C)[C@H](C)[C@@H]1O[C@@H]([C@@H](CC)C(=O)O)CC[C@@H]1C)[C@H]1OC2(C=C[C@@H](O)[C@]3(CC[C@@](C)([C@H]4CC[C@](O)(CC)[C@H](C)O4)O3)O2)[C@H](C)C[C@@H]1C. The van der Waals surface area contributed by atoms with Crippen molar-refractivity contribution in [3.63, 3.8) is 0 Å². The number of hydrogen-bond donors (Lipinski definition) is 4. The molecule has 4 saturated heterocycles. The van der Waals surface area contributed by atoms with Gasteiger partial charge in [-0.2, -0.15) is 0 Å². The van der Waals surface area contributed by atoms with Crippen molar-refractivity contribution in [3.8, 4) is 0 Å². The number of nitrogens with zero attached hydrogens (tertiary/aromatic N) is 1. The molecule has 12 nitrogen and oxygen atoms in total. The lowest BCUT2D eigenvalue weighted by atomic mass is 9.72. The van der Waals surface area contributed by atoms with Gasteiger partial charge in [0.1, 0.15) is 11.9 Å². The molecular weight excluding hydrogens is 741 g/mol. The first-order valence-electron chi connectivity index (χ1n) is 22.8. The number of Topliss-reactive ketones (excluding diaryl/α,β-unsaturated/α-hetero) is 1. The van der Waals surface area contributed by atoms with Crippen LogP contribution in [0.5, 0.6) is 0 Å². The van der Waals surface area contributed by atoms with Crippen molar-refractivity contribution >= 4 is 11.8 Å². The maximum atomic E-state index is 15.0. The highest BCUT2D eigenvalue weighted by molar-refractivity contribution is 5.84. The van der Waals surface area contributed by atoms with Crippen molar-refractivity contribution in [2.45, 2.75) is 199 Å². The van der Waals surface area contributed by atoms with E-state index < -0.39 is 52.8 Å². The van der Waals surface area contributed by atoms with E-state index in [1.54, 1.807) is 6.08 Å². The zero-order valence-corrected chi connectivity index (χ0v) is 37.9. The Hall–Kier alpha value is -1.48. The zero-order valence-electron chi connectivity index (χ0n) is 37.9. The summed E-state index contributed by atoms with van der Waals surface area (Å²) in [4.78, 5) is 29.3. The van der Waals surface area contributed by atoms with Gasteiger partial charge in [-0.25, -0.2) is 0 Å². The summed E-state index contributed by atoms with van der Waals surface area (Å²) in [5.41, 5.74) is -1.61. The smallest absolute Gasteiger partial charge is 0.309 e. The zero-order chi connectivity index (χ0) is 43.0. The minimum atomic E-state index is -1.35. The molecule has 5 aliphatic rings. The average Bonchev–Trinajstić information content (AvgIpc) is 3.52. The van der Waals surface area contributed by atoms with Crippen molar-refractivity contribution in [2.75, 3.05) is 27.2 Å². The molecule has 0 saturated carbocycles. The second-order valence-electron chi connectivity index (χ2n) is 19.7. The third-order valence-corrected chi connectivity index (χ3v) is 15.4. The predicted molar refractivity (Wildman–Crippen MR) is 223 cm³/mol. The van der Waals surface area contributed by atoms with Crippen LogP contribution in [0.3, 0.4) is 0 Å². The second kappa shape index (κ2) is 18.9. The Balaban J connectivity index is 1.37. The number of aliphatic carboxylic acids is 1. The van der Waals surface area contributed by atoms with Gasteiger partial charge in [-0.05, 0) is 116 Å². The van der Waals surface area contributed by atoms with Gasteiger partial charge in [0, 0.05) is 43.3 Å². The first-order valence-corrected chi connectivity index (χ1v) is 22.8. The highest BCUT2D eigenvalue weighted by Crippen LogP contribution is 2.54. The maximum Gasteiger partial charge on any atom is 0.309 e. The monoisotopic (exact) mass is 821 g/mol. The summed E-state index contributed by atoms with van der Waals surface area (Å²) >= 11 is 0. The van der Waals surface area contributed by atoms with Crippen LogP contribution in [0.15, 0.2) is 12.2 Å². The van der Waals surface area contributed by atoms with Crippen LogP contribution in [-0.2, 0) is 33.3 Å². The summed E-state index contributed by atoms with van der Waals surface area (Å²) in [5, 5.41) is 36.4. The topological polar surface area (TPSA) is 156 Å². The number of carboxylic acid groups (broad SMARTS) is 1. The lowest BCUT2D eigenvalue weighted by Gasteiger charge is -2.54. The summed E-state index contributed by atoms with van der Waals surface area (Å²) in [5.74, 6) is -4.48. The Labute approximate surface area is 349 Å². The molecule has 18 atom stereocenters. The summed E-state index contributed by atoms with van der Waals surface area (Å²) < 4.78 is 34.2. The molecule has 0 aromatic heterocycles. The molecule has 0 aromatic rings. The van der Waals surface area contributed by atoms with Crippen molar-refractivity contribution in [1.29, 1.82) is 0 Å². The van der Waals surface area contributed by atoms with E-state index in [0.29, 0.717) is 57.9 Å². The van der Waals surface area contributed by atoms with E-state index in [1.807, 2.05) is 54.8 Å². The van der Waals surface area contributed by atoms with Crippen LogP contribution in [0.1, 0.15) is 133 Å². The number of ketones is 1. The number of aliphatic hydroxyl groups excluding tert-OH is 1. The first kappa shape index (κ1) is 47.6. The molecule has 0 aromatic carbocycles. The molecule has 4 N–H and O–H groups in total. The van der Waals surface area contributed by atoms with Crippen molar-refractivity contribution < 1.29 is 48.6 Å². The van der Waals surface area contributed by atoms with Gasteiger partial charge >= 0.3 is 5.97 Å². The van der Waals surface area contributed by atoms with Crippen LogP contribution in [0, 0.1) is 41.4 Å². The van der Waals surface area contributed by atoms with Gasteiger partial charge in [0.25, 0.3) is 0 Å². The molecule has 0 radical (unpaired) electrons. The van der Waals surface area contributed by atoms with Crippen molar-refractivity contribution in [1.82, 2.24) is 10.2 Å². The molecular formula is C46H80N2O10. The number of carbonyl (C=O) groups is 2. The highest BCUT2D eigenvalue weighted by atomic mass is 16.8. The fourth-order valence-corrected chi connectivity index (χ4v) is 11.3. The molecule has 0 amide bonds. The van der Waals surface area contributed by atoms with E-state index in [1.165, 1.54) is 0 Å². The van der Waals surface area contributed by atoms with Crippen LogP contribution < -0.4 is 5.32 Å². The van der Waals surface area contributed by atoms with Gasteiger partial charge < -0.3 is 49.2 Å². The largest absolute Gasteiger partial charge is 0.481 e. The Morgan fingerprint density at radius 1 is 0.914 bits per heavy atom. The number of rotatable bonds is 16. The fourth-order valence-electron chi connectivity index (χ4n) is 11.3. The molecule has 0 bridgehead atoms. The highest BCUT2D eigenvalue weighted by Gasteiger charge is 2.63.